The third kappa shape index (κ3) is 4.30. The SMILES string of the molecule is COC(=O)c1cnc(N2CCn3c(nc4cc(CO)c(S(C)(=O)=O)cc43)C2=C(C)C)nc1C(F)(F)F. The van der Waals surface area contributed by atoms with Gasteiger partial charge in [0.05, 0.1) is 35.3 Å². The van der Waals surface area contributed by atoms with Crippen molar-refractivity contribution in [2.75, 3.05) is 24.8 Å². The van der Waals surface area contributed by atoms with E-state index in [-0.39, 0.29) is 29.5 Å². The third-order valence-electron chi connectivity index (χ3n) is 5.69. The lowest BCUT2D eigenvalue weighted by Gasteiger charge is -2.32. The molecule has 0 aliphatic carbocycles. The van der Waals surface area contributed by atoms with Crippen LogP contribution in [0.25, 0.3) is 16.7 Å². The van der Waals surface area contributed by atoms with Crippen molar-refractivity contribution >= 4 is 38.5 Å². The number of fused-ring (bicyclic) bond motifs is 3. The average Bonchev–Trinajstić information content (AvgIpc) is 3.17. The fraction of sp³-hybridized carbons (Fsp3) is 0.364. The summed E-state index contributed by atoms with van der Waals surface area (Å²) >= 11 is 0. The van der Waals surface area contributed by atoms with Gasteiger partial charge in [0, 0.05) is 25.5 Å². The predicted octanol–water partition coefficient (Wildman–Crippen LogP) is 2.80. The Morgan fingerprint density at radius 2 is 1.89 bits per heavy atom. The van der Waals surface area contributed by atoms with Gasteiger partial charge >= 0.3 is 12.1 Å². The molecule has 3 aromatic rings. The van der Waals surface area contributed by atoms with Gasteiger partial charge in [0.1, 0.15) is 5.56 Å². The number of esters is 1. The number of sulfone groups is 1. The van der Waals surface area contributed by atoms with Gasteiger partial charge < -0.3 is 19.3 Å². The number of benzene rings is 1. The number of carbonyl (C=O) groups is 1. The molecule has 1 aliphatic heterocycles. The molecule has 0 bridgehead atoms. The van der Waals surface area contributed by atoms with Gasteiger partial charge in [-0.1, -0.05) is 0 Å². The van der Waals surface area contributed by atoms with E-state index in [1.54, 1.807) is 18.4 Å². The number of ether oxygens (including phenoxy) is 1. The van der Waals surface area contributed by atoms with Gasteiger partial charge in [0.2, 0.25) is 5.95 Å². The molecule has 2 aromatic heterocycles. The maximum atomic E-state index is 13.7. The number of aromatic nitrogens is 4. The number of carbonyl (C=O) groups excluding carboxylic acids is 1. The molecule has 10 nitrogen and oxygen atoms in total. The summed E-state index contributed by atoms with van der Waals surface area (Å²) in [5.74, 6) is -1.12. The number of rotatable bonds is 4. The zero-order chi connectivity index (χ0) is 26.6. The van der Waals surface area contributed by atoms with E-state index < -0.39 is 39.8 Å². The summed E-state index contributed by atoms with van der Waals surface area (Å²) in [6, 6.07) is 2.92. The van der Waals surface area contributed by atoms with Crippen LogP contribution in [0, 0.1) is 0 Å². The van der Waals surface area contributed by atoms with E-state index in [1.165, 1.54) is 17.0 Å². The van der Waals surface area contributed by atoms with Gasteiger partial charge in [0.15, 0.2) is 21.4 Å². The summed E-state index contributed by atoms with van der Waals surface area (Å²) < 4.78 is 71.9. The number of hydrogen-bond donors (Lipinski definition) is 1. The number of halogens is 3. The van der Waals surface area contributed by atoms with Crippen LogP contribution in [-0.4, -0.2) is 58.9 Å². The van der Waals surface area contributed by atoms with Crippen molar-refractivity contribution in [1.82, 2.24) is 19.5 Å². The second-order valence-corrected chi connectivity index (χ2v) is 10.4. The van der Waals surface area contributed by atoms with Crippen LogP contribution in [0.5, 0.6) is 0 Å². The first kappa shape index (κ1) is 25.6. The highest BCUT2D eigenvalue weighted by Crippen LogP contribution is 2.36. The third-order valence-corrected chi connectivity index (χ3v) is 6.87. The van der Waals surface area contributed by atoms with Gasteiger partial charge in [-0.05, 0) is 37.1 Å². The van der Waals surface area contributed by atoms with E-state index in [1.807, 2.05) is 0 Å². The first-order valence-electron chi connectivity index (χ1n) is 10.6. The Morgan fingerprint density at radius 3 is 2.44 bits per heavy atom. The van der Waals surface area contributed by atoms with Gasteiger partial charge in [-0.25, -0.2) is 28.2 Å². The number of hydrogen-bond acceptors (Lipinski definition) is 9. The van der Waals surface area contributed by atoms with Crippen molar-refractivity contribution in [1.29, 1.82) is 0 Å². The summed E-state index contributed by atoms with van der Waals surface area (Å²) in [5, 5.41) is 9.69. The van der Waals surface area contributed by atoms with Crippen LogP contribution in [0.4, 0.5) is 19.1 Å². The van der Waals surface area contributed by atoms with Crippen LogP contribution in [0.3, 0.4) is 0 Å². The zero-order valence-electron chi connectivity index (χ0n) is 19.7. The molecule has 4 rings (SSSR count). The van der Waals surface area contributed by atoms with Crippen LogP contribution in [0.2, 0.25) is 0 Å². The molecule has 1 aliphatic rings. The molecule has 0 spiro atoms. The lowest BCUT2D eigenvalue weighted by molar-refractivity contribution is -0.141. The number of allylic oxidation sites excluding steroid dienone is 1. The van der Waals surface area contributed by atoms with Crippen LogP contribution in [0.1, 0.15) is 41.3 Å². The Hall–Kier alpha value is -3.52. The molecule has 0 radical (unpaired) electrons. The number of aliphatic hydroxyl groups is 1. The number of anilines is 1. The van der Waals surface area contributed by atoms with E-state index in [0.29, 0.717) is 28.1 Å². The molecular formula is C22H22F3N5O5S. The molecule has 1 aromatic carbocycles. The number of methoxy groups -OCH3 is 1. The summed E-state index contributed by atoms with van der Waals surface area (Å²) in [6.45, 7) is 3.35. The zero-order valence-corrected chi connectivity index (χ0v) is 20.5. The molecule has 0 atom stereocenters. The highest BCUT2D eigenvalue weighted by atomic mass is 32.2. The Kier molecular flexibility index (Phi) is 6.29. The molecule has 1 N–H and O–H groups in total. The Labute approximate surface area is 204 Å². The Morgan fingerprint density at radius 1 is 1.19 bits per heavy atom. The quantitative estimate of drug-likeness (QED) is 0.512. The Bertz CT molecular complexity index is 1530. The fourth-order valence-electron chi connectivity index (χ4n) is 4.18. The Balaban J connectivity index is 1.90. The highest BCUT2D eigenvalue weighted by molar-refractivity contribution is 7.90. The number of nitrogens with zero attached hydrogens (tertiary/aromatic N) is 5. The molecule has 3 heterocycles. The number of aliphatic hydroxyl groups excluding tert-OH is 1. The maximum absolute atomic E-state index is 13.7. The largest absolute Gasteiger partial charge is 0.465 e. The van der Waals surface area contributed by atoms with Gasteiger partial charge in [-0.2, -0.15) is 13.2 Å². The van der Waals surface area contributed by atoms with Crippen molar-refractivity contribution in [3.63, 3.8) is 0 Å². The predicted molar refractivity (Wildman–Crippen MR) is 123 cm³/mol. The molecule has 0 saturated heterocycles. The molecular weight excluding hydrogens is 503 g/mol. The van der Waals surface area contributed by atoms with E-state index in [9.17, 15) is 31.5 Å². The second-order valence-electron chi connectivity index (χ2n) is 8.39. The molecule has 0 unspecified atom stereocenters. The molecule has 0 saturated carbocycles. The van der Waals surface area contributed by atoms with E-state index in [0.717, 1.165) is 19.6 Å². The second kappa shape index (κ2) is 8.85. The van der Waals surface area contributed by atoms with Gasteiger partial charge in [0.25, 0.3) is 0 Å². The minimum Gasteiger partial charge on any atom is -0.465 e. The molecule has 192 valence electrons. The summed E-state index contributed by atoms with van der Waals surface area (Å²) in [5.41, 5.74) is -0.000852. The van der Waals surface area contributed by atoms with Crippen LogP contribution in [0.15, 0.2) is 28.8 Å². The fourth-order valence-corrected chi connectivity index (χ4v) is 5.10. The van der Waals surface area contributed by atoms with Gasteiger partial charge in [-0.3, -0.25) is 0 Å². The van der Waals surface area contributed by atoms with Crippen molar-refractivity contribution in [2.24, 2.45) is 0 Å². The minimum absolute atomic E-state index is 0.0297. The van der Waals surface area contributed by atoms with Crippen molar-refractivity contribution < 1.29 is 36.2 Å². The standard InChI is InChI=1S/C22H22F3N5O5S/c1-11(2)17-19-27-14-7-12(10-31)16(36(4,33)34)8-15(14)29(19)5-6-30(17)21-26-9-13(20(32)35-3)18(28-21)22(23,24)25/h7-9,31H,5-6,10H2,1-4H3. The average molecular weight is 526 g/mol. The van der Waals surface area contributed by atoms with Crippen LogP contribution in [-0.2, 0) is 33.9 Å². The van der Waals surface area contributed by atoms with Crippen molar-refractivity contribution in [3.05, 3.63) is 46.5 Å². The summed E-state index contributed by atoms with van der Waals surface area (Å²) in [4.78, 5) is 25.6. The smallest absolute Gasteiger partial charge is 0.434 e. The normalized spacial score (nSPS) is 14.2. The van der Waals surface area contributed by atoms with E-state index in [4.69, 9.17) is 0 Å². The van der Waals surface area contributed by atoms with Crippen molar-refractivity contribution in [2.45, 2.75) is 38.1 Å². The van der Waals surface area contributed by atoms with Crippen LogP contribution < -0.4 is 4.90 Å². The molecule has 36 heavy (non-hydrogen) atoms. The maximum Gasteiger partial charge on any atom is 0.434 e. The van der Waals surface area contributed by atoms with Crippen molar-refractivity contribution in [3.8, 4) is 0 Å². The van der Waals surface area contributed by atoms with E-state index >= 15 is 0 Å². The van der Waals surface area contributed by atoms with E-state index in [2.05, 4.69) is 19.7 Å². The number of alkyl halides is 3. The molecule has 0 amide bonds. The lowest BCUT2D eigenvalue weighted by atomic mass is 10.1. The highest BCUT2D eigenvalue weighted by Gasteiger charge is 2.40. The summed E-state index contributed by atoms with van der Waals surface area (Å²) in [6.07, 6.45) is -3.11. The summed E-state index contributed by atoms with van der Waals surface area (Å²) in [7, 11) is -2.68. The first-order chi connectivity index (χ1) is 16.8. The van der Waals surface area contributed by atoms with Gasteiger partial charge in [-0.15, -0.1) is 0 Å². The molecule has 14 heteroatoms. The lowest BCUT2D eigenvalue weighted by Crippen LogP contribution is -2.35. The van der Waals surface area contributed by atoms with Crippen LogP contribution >= 0.6 is 0 Å². The minimum atomic E-state index is -4.93. The molecule has 0 fully saturated rings. The number of imidazole rings is 1. The first-order valence-corrected chi connectivity index (χ1v) is 12.5. The monoisotopic (exact) mass is 525 g/mol. The topological polar surface area (TPSA) is 128 Å².